The lowest BCUT2D eigenvalue weighted by molar-refractivity contribution is -0.145. The van der Waals surface area contributed by atoms with Crippen LogP contribution < -0.4 is 10.1 Å². The quantitative estimate of drug-likeness (QED) is 0.430. The van der Waals surface area contributed by atoms with Crippen LogP contribution in [0.2, 0.25) is 5.02 Å². The van der Waals surface area contributed by atoms with E-state index in [9.17, 15) is 9.59 Å². The van der Waals surface area contributed by atoms with Crippen molar-refractivity contribution < 1.29 is 19.1 Å². The van der Waals surface area contributed by atoms with Crippen LogP contribution in [-0.4, -0.2) is 25.1 Å². The lowest BCUT2D eigenvalue weighted by Gasteiger charge is -2.35. The third-order valence-corrected chi connectivity index (χ3v) is 6.29. The highest BCUT2D eigenvalue weighted by Crippen LogP contribution is 2.37. The van der Waals surface area contributed by atoms with Crippen LogP contribution in [0.3, 0.4) is 0 Å². The van der Waals surface area contributed by atoms with Crippen LogP contribution in [0.5, 0.6) is 5.75 Å². The van der Waals surface area contributed by atoms with Crippen LogP contribution in [0.1, 0.15) is 28.1 Å². The average Bonchev–Trinajstić information content (AvgIpc) is 3.31. The zero-order valence-electron chi connectivity index (χ0n) is 16.1. The minimum Gasteiger partial charge on any atom is -0.426 e. The van der Waals surface area contributed by atoms with Gasteiger partial charge in [0.2, 0.25) is 0 Å². The summed E-state index contributed by atoms with van der Waals surface area (Å²) in [6.07, 6.45) is 1.06. The molecule has 0 aliphatic carbocycles. The summed E-state index contributed by atoms with van der Waals surface area (Å²) in [6.45, 7) is 0.963. The fourth-order valence-electron chi connectivity index (χ4n) is 3.53. The number of thiophene rings is 1. The smallest absolute Gasteiger partial charge is 0.322 e. The van der Waals surface area contributed by atoms with Crippen LogP contribution in [-0.2, 0) is 14.9 Å². The molecule has 0 spiro atoms. The zero-order chi connectivity index (χ0) is 21.0. The number of esters is 1. The fourth-order valence-corrected chi connectivity index (χ4v) is 4.34. The van der Waals surface area contributed by atoms with Gasteiger partial charge < -0.3 is 14.8 Å². The van der Waals surface area contributed by atoms with Gasteiger partial charge in [-0.25, -0.2) is 0 Å². The van der Waals surface area contributed by atoms with Gasteiger partial charge in [0.25, 0.3) is 5.91 Å². The molecule has 1 amide bonds. The number of amides is 1. The zero-order valence-corrected chi connectivity index (χ0v) is 17.7. The van der Waals surface area contributed by atoms with E-state index in [0.717, 1.165) is 5.56 Å². The maximum Gasteiger partial charge on any atom is 0.322 e. The number of carbonyl (C=O) groups excluding carboxylic acids is 2. The number of halogens is 1. The summed E-state index contributed by atoms with van der Waals surface area (Å²) in [7, 11) is 0. The Morgan fingerprint density at radius 2 is 1.80 bits per heavy atom. The molecule has 5 nitrogen and oxygen atoms in total. The topological polar surface area (TPSA) is 64.6 Å². The predicted octanol–water partition coefficient (Wildman–Crippen LogP) is 5.31. The highest BCUT2D eigenvalue weighted by atomic mass is 35.5. The minimum atomic E-state index is -0.796. The van der Waals surface area contributed by atoms with E-state index < -0.39 is 5.41 Å². The average molecular weight is 442 g/mol. The molecule has 1 aliphatic rings. The van der Waals surface area contributed by atoms with E-state index in [1.807, 2.05) is 29.6 Å². The summed E-state index contributed by atoms with van der Waals surface area (Å²) in [6, 6.07) is 17.7. The Morgan fingerprint density at radius 3 is 2.47 bits per heavy atom. The van der Waals surface area contributed by atoms with Crippen LogP contribution >= 0.6 is 22.9 Å². The summed E-state index contributed by atoms with van der Waals surface area (Å²) in [4.78, 5) is 26.0. The van der Waals surface area contributed by atoms with Gasteiger partial charge in [0.1, 0.15) is 5.75 Å². The van der Waals surface area contributed by atoms with Crippen molar-refractivity contribution in [2.75, 3.05) is 18.5 Å². The number of carbonyl (C=O) groups is 2. The highest BCUT2D eigenvalue weighted by Gasteiger charge is 2.43. The first-order valence-corrected chi connectivity index (χ1v) is 10.8. The molecule has 0 radical (unpaired) electrons. The third kappa shape index (κ3) is 4.41. The first-order valence-electron chi connectivity index (χ1n) is 9.58. The molecule has 3 aromatic rings. The lowest BCUT2D eigenvalue weighted by Crippen LogP contribution is -2.44. The molecule has 7 heteroatoms. The molecule has 1 aliphatic heterocycles. The number of anilines is 1. The van der Waals surface area contributed by atoms with Crippen LogP contribution in [0.4, 0.5) is 5.69 Å². The number of nitrogens with one attached hydrogen (secondary N) is 1. The van der Waals surface area contributed by atoms with Gasteiger partial charge in [0.05, 0.1) is 10.3 Å². The van der Waals surface area contributed by atoms with E-state index in [-0.39, 0.29) is 11.9 Å². The maximum absolute atomic E-state index is 13.2. The molecular weight excluding hydrogens is 422 g/mol. The SMILES string of the molecule is O=C(Nc1ccc(OC(=O)C2(c3cccc(Cl)c3)CCOCC2)cc1)c1cccs1. The molecule has 0 atom stereocenters. The number of ether oxygens (including phenoxy) is 2. The van der Waals surface area contributed by atoms with Crippen LogP contribution in [0, 0.1) is 0 Å². The number of benzene rings is 2. The van der Waals surface area contributed by atoms with Crippen molar-refractivity contribution in [2.45, 2.75) is 18.3 Å². The molecular formula is C23H20ClNO4S. The molecule has 1 fully saturated rings. The Hall–Kier alpha value is -2.67. The molecule has 0 unspecified atom stereocenters. The summed E-state index contributed by atoms with van der Waals surface area (Å²) in [5, 5.41) is 5.26. The van der Waals surface area contributed by atoms with Gasteiger partial charge in [-0.15, -0.1) is 11.3 Å². The molecule has 0 bridgehead atoms. The lowest BCUT2D eigenvalue weighted by atomic mass is 9.74. The Balaban J connectivity index is 1.49. The third-order valence-electron chi connectivity index (χ3n) is 5.18. The number of hydrogen-bond acceptors (Lipinski definition) is 5. The van der Waals surface area contributed by atoms with Gasteiger partial charge in [-0.3, -0.25) is 9.59 Å². The van der Waals surface area contributed by atoms with Gasteiger partial charge in [0, 0.05) is 23.9 Å². The van der Waals surface area contributed by atoms with E-state index in [0.29, 0.717) is 47.4 Å². The summed E-state index contributed by atoms with van der Waals surface area (Å²) in [5.74, 6) is -0.0812. The molecule has 4 rings (SSSR count). The van der Waals surface area contributed by atoms with E-state index >= 15 is 0 Å². The first-order chi connectivity index (χ1) is 14.6. The van der Waals surface area contributed by atoms with Gasteiger partial charge >= 0.3 is 5.97 Å². The second kappa shape index (κ2) is 9.00. The second-order valence-electron chi connectivity index (χ2n) is 7.05. The normalized spacial score (nSPS) is 15.4. The summed E-state index contributed by atoms with van der Waals surface area (Å²) >= 11 is 7.54. The molecule has 30 heavy (non-hydrogen) atoms. The Labute approximate surface area is 183 Å². The van der Waals surface area contributed by atoms with Crippen molar-refractivity contribution in [3.05, 3.63) is 81.5 Å². The molecule has 1 aromatic heterocycles. The van der Waals surface area contributed by atoms with Crippen molar-refractivity contribution in [1.82, 2.24) is 0 Å². The molecule has 1 N–H and O–H groups in total. The molecule has 2 aromatic carbocycles. The molecule has 1 saturated heterocycles. The highest BCUT2D eigenvalue weighted by molar-refractivity contribution is 7.12. The second-order valence-corrected chi connectivity index (χ2v) is 8.43. The predicted molar refractivity (Wildman–Crippen MR) is 118 cm³/mol. The van der Waals surface area contributed by atoms with E-state index in [1.165, 1.54) is 11.3 Å². The molecule has 154 valence electrons. The molecule has 0 saturated carbocycles. The Kier molecular flexibility index (Phi) is 6.18. The minimum absolute atomic E-state index is 0.170. The van der Waals surface area contributed by atoms with Crippen LogP contribution in [0.25, 0.3) is 0 Å². The van der Waals surface area contributed by atoms with Gasteiger partial charge in [-0.1, -0.05) is 29.8 Å². The van der Waals surface area contributed by atoms with Gasteiger partial charge in [-0.2, -0.15) is 0 Å². The van der Waals surface area contributed by atoms with Gasteiger partial charge in [0.15, 0.2) is 0 Å². The molecule has 2 heterocycles. The van der Waals surface area contributed by atoms with Crippen molar-refractivity contribution in [3.8, 4) is 5.75 Å². The van der Waals surface area contributed by atoms with E-state index in [4.69, 9.17) is 21.1 Å². The van der Waals surface area contributed by atoms with E-state index in [1.54, 1.807) is 36.4 Å². The van der Waals surface area contributed by atoms with Crippen molar-refractivity contribution in [2.24, 2.45) is 0 Å². The van der Waals surface area contributed by atoms with Crippen molar-refractivity contribution >= 4 is 40.5 Å². The maximum atomic E-state index is 13.2. The monoisotopic (exact) mass is 441 g/mol. The van der Waals surface area contributed by atoms with Crippen LogP contribution in [0.15, 0.2) is 66.0 Å². The standard InChI is InChI=1S/C23H20ClNO4S/c24-17-4-1-3-16(15-17)23(10-12-28-13-11-23)22(27)29-19-8-6-18(7-9-19)25-21(26)20-5-2-14-30-20/h1-9,14-15H,10-13H2,(H,25,26). The summed E-state index contributed by atoms with van der Waals surface area (Å²) < 4.78 is 11.2. The first kappa shape index (κ1) is 20.6. The van der Waals surface area contributed by atoms with Crippen molar-refractivity contribution in [1.29, 1.82) is 0 Å². The number of hydrogen-bond donors (Lipinski definition) is 1. The van der Waals surface area contributed by atoms with Gasteiger partial charge in [-0.05, 0) is 66.2 Å². The number of rotatable bonds is 5. The Bertz CT molecular complexity index is 1030. The Morgan fingerprint density at radius 1 is 1.03 bits per heavy atom. The van der Waals surface area contributed by atoms with Crippen molar-refractivity contribution in [3.63, 3.8) is 0 Å². The fraction of sp³-hybridized carbons (Fsp3) is 0.217. The largest absolute Gasteiger partial charge is 0.426 e. The van der Waals surface area contributed by atoms with E-state index in [2.05, 4.69) is 5.32 Å². The summed E-state index contributed by atoms with van der Waals surface area (Å²) in [5.41, 5.74) is 0.668.